The van der Waals surface area contributed by atoms with E-state index < -0.39 is 16.3 Å². The average molecular weight is 1050 g/mol. The molecule has 8 aromatic carbocycles. The quantitative estimate of drug-likeness (QED) is 0.128. The number of hydrogen-bond donors (Lipinski definition) is 0. The first-order chi connectivity index (χ1) is 36.1. The number of ether oxygens (including phenoxy) is 2. The van der Waals surface area contributed by atoms with Gasteiger partial charge in [0.2, 0.25) is 0 Å². The highest BCUT2D eigenvalue weighted by Crippen LogP contribution is 2.49. The summed E-state index contributed by atoms with van der Waals surface area (Å²) in [4.78, 5) is 0. The molecule has 76 heavy (non-hydrogen) atoms. The average Bonchev–Trinajstić information content (AvgIpc) is 3.37. The van der Waals surface area contributed by atoms with Crippen molar-refractivity contribution in [1.82, 2.24) is 0 Å². The third-order valence-corrected chi connectivity index (χ3v) is 18.5. The Labute approximate surface area is 457 Å². The zero-order valence-corrected chi connectivity index (χ0v) is 49.3. The van der Waals surface area contributed by atoms with E-state index in [0.717, 1.165) is 88.7 Å². The van der Waals surface area contributed by atoms with Crippen molar-refractivity contribution in [3.63, 3.8) is 0 Å². The van der Waals surface area contributed by atoms with Gasteiger partial charge in [-0.1, -0.05) is 253 Å². The van der Waals surface area contributed by atoms with Gasteiger partial charge in [-0.15, -0.1) is 0 Å². The number of fused-ring (bicyclic) bond motifs is 8. The van der Waals surface area contributed by atoms with Gasteiger partial charge in [0.1, 0.15) is 23.0 Å². The molecular weight excluding hydrogens is 967 g/mol. The Kier molecular flexibility index (Phi) is 15.8. The summed E-state index contributed by atoms with van der Waals surface area (Å²) in [7, 11) is 1.03. The highest BCUT2D eigenvalue weighted by molar-refractivity contribution is 7.69. The third kappa shape index (κ3) is 12.2. The molecule has 0 fully saturated rings. The van der Waals surface area contributed by atoms with Crippen molar-refractivity contribution in [3.05, 3.63) is 237 Å². The highest BCUT2D eigenvalue weighted by Gasteiger charge is 2.32. The second-order valence-electron chi connectivity index (χ2n) is 24.7. The second kappa shape index (κ2) is 22.0. The van der Waals surface area contributed by atoms with Crippen molar-refractivity contribution in [3.8, 4) is 23.0 Å². The van der Waals surface area contributed by atoms with E-state index in [9.17, 15) is 0 Å². The monoisotopic (exact) mass is 1040 g/mol. The zero-order chi connectivity index (χ0) is 54.2. The molecule has 0 radical (unpaired) electrons. The van der Waals surface area contributed by atoms with Crippen LogP contribution in [0.4, 0.5) is 0 Å². The maximum Gasteiger partial charge on any atom is 0.150 e. The van der Waals surface area contributed by atoms with Crippen molar-refractivity contribution in [2.45, 2.75) is 130 Å². The van der Waals surface area contributed by atoms with Gasteiger partial charge in [-0.2, -0.15) is 0 Å². The number of hydrogen-bond acceptors (Lipinski definition) is 4. The molecule has 0 saturated carbocycles. The summed E-state index contributed by atoms with van der Waals surface area (Å²) in [5, 5.41) is 4.61. The summed E-state index contributed by atoms with van der Waals surface area (Å²) >= 11 is 0. The van der Waals surface area contributed by atoms with Crippen molar-refractivity contribution in [1.29, 1.82) is 0 Å². The van der Waals surface area contributed by atoms with E-state index in [1.54, 1.807) is 0 Å². The van der Waals surface area contributed by atoms with Gasteiger partial charge in [-0.3, -0.25) is 0 Å². The van der Waals surface area contributed by atoms with Crippen LogP contribution in [0.2, 0.25) is 0 Å². The Morgan fingerprint density at radius 2 is 0.461 bits per heavy atom. The summed E-state index contributed by atoms with van der Waals surface area (Å²) in [5.41, 5.74) is 13.4. The Hall–Kier alpha value is -6.18. The first kappa shape index (κ1) is 54.6. The largest absolute Gasteiger partial charge is 0.496 e. The molecule has 0 amide bonds. The van der Waals surface area contributed by atoms with Gasteiger partial charge in [0.15, 0.2) is 16.3 Å². The molecule has 0 unspecified atom stereocenters. The van der Waals surface area contributed by atoms with Crippen LogP contribution >= 0.6 is 16.3 Å². The van der Waals surface area contributed by atoms with Gasteiger partial charge in [0, 0.05) is 46.9 Å². The van der Waals surface area contributed by atoms with E-state index in [0.29, 0.717) is 25.7 Å². The predicted octanol–water partition coefficient (Wildman–Crippen LogP) is 16.4. The molecule has 4 nitrogen and oxygen atoms in total. The molecule has 392 valence electrons. The first-order valence-electron chi connectivity index (χ1n) is 27.0. The minimum atomic E-state index is -1.32. The molecule has 6 heteroatoms. The maximum atomic E-state index is 7.91. The minimum Gasteiger partial charge on any atom is -0.496 e. The van der Waals surface area contributed by atoms with Crippen LogP contribution in [0.3, 0.4) is 0 Å². The van der Waals surface area contributed by atoms with Crippen molar-refractivity contribution in [2.75, 3.05) is 14.2 Å². The van der Waals surface area contributed by atoms with E-state index in [4.69, 9.17) is 18.5 Å². The zero-order valence-electron chi connectivity index (χ0n) is 47.5. The SMILES string of the molecule is COc1c2cc(C(C)(C)C)cc1Cc1cc(C(C)(C)C)cc(c1OP(c1ccccc1)c1ccccc1)Cc1cc(C(C)(C)C)cc(c1OP(c1ccccc1)c1ccccc1)Cc1cc(C(C)(C)C)cc(c1OC)C2. The lowest BCUT2D eigenvalue weighted by molar-refractivity contribution is 0.400. The second-order valence-corrected chi connectivity index (χ2v) is 28.3. The molecule has 1 aliphatic carbocycles. The summed E-state index contributed by atoms with van der Waals surface area (Å²) < 4.78 is 29.2. The molecule has 9 rings (SSSR count). The Bertz CT molecular complexity index is 3000. The fraction of sp³-hybridized carbons (Fsp3) is 0.314. The van der Waals surface area contributed by atoms with E-state index in [-0.39, 0.29) is 21.7 Å². The van der Waals surface area contributed by atoms with Crippen LogP contribution < -0.4 is 39.7 Å². The molecule has 0 atom stereocenters. The maximum absolute atomic E-state index is 7.91. The molecule has 0 N–H and O–H groups in total. The topological polar surface area (TPSA) is 36.9 Å². The lowest BCUT2D eigenvalue weighted by atomic mass is 9.79. The Morgan fingerprint density at radius 3 is 0.632 bits per heavy atom. The molecule has 8 bridgehead atoms. The van der Waals surface area contributed by atoms with Gasteiger partial charge in [0.05, 0.1) is 14.2 Å². The van der Waals surface area contributed by atoms with E-state index in [1.807, 2.05) is 14.2 Å². The van der Waals surface area contributed by atoms with Crippen LogP contribution in [0.25, 0.3) is 0 Å². The van der Waals surface area contributed by atoms with Crippen LogP contribution in [0.15, 0.2) is 170 Å². The fourth-order valence-corrected chi connectivity index (χ4v) is 13.9. The highest BCUT2D eigenvalue weighted by atomic mass is 31.1. The van der Waals surface area contributed by atoms with E-state index in [2.05, 4.69) is 253 Å². The van der Waals surface area contributed by atoms with Crippen LogP contribution in [0.1, 0.15) is 150 Å². The van der Waals surface area contributed by atoms with Crippen LogP contribution in [0.5, 0.6) is 23.0 Å². The predicted molar refractivity (Wildman–Crippen MR) is 324 cm³/mol. The summed E-state index contributed by atoms with van der Waals surface area (Å²) in [6, 6.07) is 62.4. The van der Waals surface area contributed by atoms with E-state index in [1.165, 1.54) is 22.3 Å². The third-order valence-electron chi connectivity index (χ3n) is 14.7. The summed E-state index contributed by atoms with van der Waals surface area (Å²) in [6.07, 6.45) is 2.36. The molecule has 0 aliphatic heterocycles. The van der Waals surface area contributed by atoms with Gasteiger partial charge < -0.3 is 18.5 Å². The fourth-order valence-electron chi connectivity index (χ4n) is 10.3. The number of benzene rings is 8. The first-order valence-corrected chi connectivity index (χ1v) is 29.5. The molecule has 0 saturated heterocycles. The van der Waals surface area contributed by atoms with Crippen molar-refractivity contribution < 1.29 is 18.5 Å². The lowest BCUT2D eigenvalue weighted by Crippen LogP contribution is -2.20. The summed E-state index contributed by atoms with van der Waals surface area (Å²) in [6.45, 7) is 27.8. The number of rotatable bonds is 10. The van der Waals surface area contributed by atoms with Gasteiger partial charge in [-0.25, -0.2) is 0 Å². The minimum absolute atomic E-state index is 0.144. The van der Waals surface area contributed by atoms with Gasteiger partial charge >= 0.3 is 0 Å². The normalized spacial score (nSPS) is 13.2. The molecule has 0 aromatic heterocycles. The molecule has 8 aromatic rings. The smallest absolute Gasteiger partial charge is 0.150 e. The van der Waals surface area contributed by atoms with Crippen molar-refractivity contribution in [2.24, 2.45) is 0 Å². The Morgan fingerprint density at radius 1 is 0.276 bits per heavy atom. The van der Waals surface area contributed by atoms with Crippen LogP contribution in [0, 0.1) is 0 Å². The molecule has 0 heterocycles. The lowest BCUT2D eigenvalue weighted by Gasteiger charge is -2.30. The standard InChI is InChI=1S/C70H78O4P2/c1-67(2,3)55-39-47-35-48-40-56(68(4,5)6)42-50(64(48)72-14)37-52-44-58(70(10,11)12)46-54(66(52)74-76(61-31-23-17-24-32-61)62-33-25-18-26-34-62)38-53-45-57(69(7,8)9)43-51(36-49(41-55)63(47)71-13)65(53)73-75(59-27-19-15-20-28-59)60-29-21-16-22-30-60/h15-34,39-46H,35-38H2,1-14H3. The molecule has 0 spiro atoms. The number of methoxy groups -OCH3 is 2. The van der Waals surface area contributed by atoms with Gasteiger partial charge in [0.25, 0.3) is 0 Å². The molecule has 1 aliphatic rings. The Balaban J connectivity index is 1.43. The van der Waals surface area contributed by atoms with Gasteiger partial charge in [-0.05, 0) is 88.4 Å². The summed E-state index contributed by atoms with van der Waals surface area (Å²) in [5.74, 6) is 3.62. The van der Waals surface area contributed by atoms with E-state index >= 15 is 0 Å². The molecular formula is C70H78O4P2. The van der Waals surface area contributed by atoms with Crippen molar-refractivity contribution >= 4 is 37.5 Å². The van der Waals surface area contributed by atoms with Crippen LogP contribution in [-0.4, -0.2) is 14.2 Å². The van der Waals surface area contributed by atoms with Crippen LogP contribution in [-0.2, 0) is 47.3 Å².